The minimum absolute atomic E-state index is 0. The molecule has 320 valence electrons. The van der Waals surface area contributed by atoms with Crippen molar-refractivity contribution in [2.24, 2.45) is 0 Å². The zero-order chi connectivity index (χ0) is 37.9. The summed E-state index contributed by atoms with van der Waals surface area (Å²) in [5, 5.41) is 17.8. The van der Waals surface area contributed by atoms with Crippen LogP contribution in [0.5, 0.6) is 0 Å². The number of hydrogen-bond donors (Lipinski definition) is 4. The van der Waals surface area contributed by atoms with Crippen LogP contribution in [0.4, 0.5) is 0 Å². The van der Waals surface area contributed by atoms with Crippen LogP contribution in [0, 0.1) is 0 Å². The molecule has 8 fully saturated rings. The number of hydrogen-bond acceptors (Lipinski definition) is 4. The minimum Gasteiger partial charge on any atom is -0.431 e. The molecule has 8 aliphatic rings. The normalized spacial score (nSPS) is 27.3. The molecule has 0 aromatic rings. The third-order valence-corrected chi connectivity index (χ3v) is 28.0. The van der Waals surface area contributed by atoms with Gasteiger partial charge in [0.2, 0.25) is 0 Å². The van der Waals surface area contributed by atoms with Gasteiger partial charge in [-0.25, -0.2) is 0 Å². The maximum Gasteiger partial charge on any atom is 0.197 e. The van der Waals surface area contributed by atoms with Gasteiger partial charge in [-0.15, -0.1) is 0 Å². The van der Waals surface area contributed by atoms with Gasteiger partial charge in [-0.2, -0.15) is 0 Å². The second-order valence-corrected chi connectivity index (χ2v) is 28.8. The zero-order valence-electron chi connectivity index (χ0n) is 36.2. The van der Waals surface area contributed by atoms with E-state index in [-0.39, 0.29) is 38.4 Å². The van der Waals surface area contributed by atoms with Crippen molar-refractivity contribution in [2.75, 3.05) is 0 Å². The average Bonchev–Trinajstić information content (AvgIpc) is 3.26. The topological polar surface area (TPSA) is 80.9 Å². The quantitative estimate of drug-likeness (QED) is 0.200. The smallest absolute Gasteiger partial charge is 0.197 e. The Kier molecular flexibility index (Phi) is 24.1. The first-order valence-corrected chi connectivity index (χ1v) is 29.6. The molecule has 0 aliphatic heterocycles. The van der Waals surface area contributed by atoms with Crippen LogP contribution in [0.2, 0.25) is 33.2 Å². The standard InChI is InChI=1S/2C18H34OSi.2C6H12O.Zr/c2*19-20(16-10-4-1-5-11-16,17-12-6-2-7-13-17)18-14-8-3-9-15-18;2*7-6-4-2-1-3-5-6;/h2*16-19H,1-15H2;2*6-7H,1-5H2;. The van der Waals surface area contributed by atoms with Crippen LogP contribution in [0.25, 0.3) is 0 Å². The molecular formula is C48H92O4Si2Zr. The predicted molar refractivity (Wildman–Crippen MR) is 235 cm³/mol. The Hall–Kier alpha value is 1.16. The van der Waals surface area contributed by atoms with E-state index in [0.29, 0.717) is 0 Å². The molecule has 55 heavy (non-hydrogen) atoms. The summed E-state index contributed by atoms with van der Waals surface area (Å²) in [7, 11) is -4.09. The van der Waals surface area contributed by atoms with Crippen molar-refractivity contribution in [3.8, 4) is 0 Å². The number of aliphatic hydroxyl groups is 2. The van der Waals surface area contributed by atoms with Crippen molar-refractivity contribution in [1.82, 2.24) is 0 Å². The molecule has 0 heterocycles. The molecule has 8 saturated carbocycles. The van der Waals surface area contributed by atoms with E-state index < -0.39 is 16.6 Å². The molecule has 0 spiro atoms. The van der Waals surface area contributed by atoms with E-state index in [1.807, 2.05) is 0 Å². The first-order chi connectivity index (χ1) is 26.4. The summed E-state index contributed by atoms with van der Waals surface area (Å²) in [5.41, 5.74) is 4.60. The largest absolute Gasteiger partial charge is 0.431 e. The van der Waals surface area contributed by atoms with Crippen molar-refractivity contribution in [3.05, 3.63) is 0 Å². The summed E-state index contributed by atoms with van der Waals surface area (Å²) < 4.78 is 0. The maximum absolute atomic E-state index is 12.0. The van der Waals surface area contributed by atoms with E-state index in [0.717, 1.165) is 58.9 Å². The zero-order valence-corrected chi connectivity index (χ0v) is 40.6. The first kappa shape index (κ1) is 48.8. The maximum atomic E-state index is 12.0. The van der Waals surface area contributed by atoms with E-state index >= 15 is 0 Å². The van der Waals surface area contributed by atoms with Crippen LogP contribution >= 0.6 is 0 Å². The predicted octanol–water partition coefficient (Wildman–Crippen LogP) is 14.5. The molecule has 0 amide bonds. The Balaban J connectivity index is 0.000000180. The molecule has 4 nitrogen and oxygen atoms in total. The van der Waals surface area contributed by atoms with Crippen molar-refractivity contribution < 1.29 is 46.0 Å². The van der Waals surface area contributed by atoms with Crippen LogP contribution in [0.3, 0.4) is 0 Å². The summed E-state index contributed by atoms with van der Waals surface area (Å²) in [6, 6.07) is 0. The van der Waals surface area contributed by atoms with Gasteiger partial charge in [0.1, 0.15) is 0 Å². The van der Waals surface area contributed by atoms with Gasteiger partial charge in [-0.3, -0.25) is 0 Å². The van der Waals surface area contributed by atoms with Gasteiger partial charge in [0.05, 0.1) is 12.2 Å². The van der Waals surface area contributed by atoms with E-state index in [2.05, 4.69) is 0 Å². The molecular weight excluding hydrogens is 788 g/mol. The van der Waals surface area contributed by atoms with Crippen LogP contribution in [-0.2, 0) is 26.2 Å². The van der Waals surface area contributed by atoms with E-state index in [4.69, 9.17) is 10.2 Å². The summed E-state index contributed by atoms with van der Waals surface area (Å²) in [5.74, 6) is 0. The Morgan fingerprint density at radius 1 is 0.218 bits per heavy atom. The summed E-state index contributed by atoms with van der Waals surface area (Å²) in [4.78, 5) is 24.0. The van der Waals surface area contributed by atoms with Crippen molar-refractivity contribution in [2.45, 2.75) is 302 Å². The summed E-state index contributed by atoms with van der Waals surface area (Å²) in [6.07, 6.45) is 53.7. The third kappa shape index (κ3) is 15.2. The molecule has 7 heteroatoms. The summed E-state index contributed by atoms with van der Waals surface area (Å²) >= 11 is 0. The molecule has 0 unspecified atom stereocenters. The molecule has 0 atom stereocenters. The molecule has 0 aromatic heterocycles. The molecule has 0 bridgehead atoms. The van der Waals surface area contributed by atoms with Gasteiger partial charge in [0.25, 0.3) is 0 Å². The third-order valence-electron chi connectivity index (χ3n) is 16.7. The SMILES string of the molecule is OC1CCCCC1.OC1CCCCC1.O[Si](C1CCCCC1)(C1CCCCC1)C1CCCCC1.O[Si](C1CCCCC1)(C1CCCCC1)C1CCCCC1.[Zr]. The molecule has 4 N–H and O–H groups in total. The van der Waals surface area contributed by atoms with E-state index in [9.17, 15) is 9.59 Å². The van der Waals surface area contributed by atoms with Crippen molar-refractivity contribution >= 4 is 16.6 Å². The van der Waals surface area contributed by atoms with Crippen molar-refractivity contribution in [1.29, 1.82) is 0 Å². The fourth-order valence-electron chi connectivity index (χ4n) is 13.6. The van der Waals surface area contributed by atoms with Gasteiger partial charge in [-0.1, -0.05) is 231 Å². The van der Waals surface area contributed by atoms with Crippen LogP contribution in [0.1, 0.15) is 257 Å². The van der Waals surface area contributed by atoms with Crippen LogP contribution in [0.15, 0.2) is 0 Å². The fourth-order valence-corrected chi connectivity index (χ4v) is 25.6. The Labute approximate surface area is 362 Å². The second kappa shape index (κ2) is 27.2. The molecule has 0 aromatic carbocycles. The van der Waals surface area contributed by atoms with Gasteiger partial charge in [-0.05, 0) is 58.9 Å². The van der Waals surface area contributed by atoms with Crippen LogP contribution in [-0.4, -0.2) is 48.6 Å². The number of rotatable bonds is 6. The fraction of sp³-hybridized carbons (Fsp3) is 1.00. The van der Waals surface area contributed by atoms with Gasteiger partial charge >= 0.3 is 0 Å². The molecule has 8 rings (SSSR count). The molecule has 0 saturated heterocycles. The monoisotopic (exact) mass is 879 g/mol. The van der Waals surface area contributed by atoms with Gasteiger partial charge in [0, 0.05) is 26.2 Å². The van der Waals surface area contributed by atoms with Crippen LogP contribution < -0.4 is 0 Å². The average molecular weight is 881 g/mol. The van der Waals surface area contributed by atoms with Gasteiger partial charge < -0.3 is 19.8 Å². The Morgan fingerprint density at radius 3 is 0.455 bits per heavy atom. The minimum atomic E-state index is -2.05. The van der Waals surface area contributed by atoms with E-state index in [1.54, 1.807) is 0 Å². The summed E-state index contributed by atoms with van der Waals surface area (Å²) in [6.45, 7) is 0. The Morgan fingerprint density at radius 2 is 0.345 bits per heavy atom. The number of aliphatic hydroxyl groups excluding tert-OH is 2. The molecule has 0 radical (unpaired) electrons. The second-order valence-electron chi connectivity index (χ2n) is 20.4. The molecule has 8 aliphatic carbocycles. The van der Waals surface area contributed by atoms with Gasteiger partial charge in [0.15, 0.2) is 16.6 Å². The first-order valence-electron chi connectivity index (χ1n) is 25.2. The van der Waals surface area contributed by atoms with Crippen molar-refractivity contribution in [3.63, 3.8) is 0 Å². The van der Waals surface area contributed by atoms with E-state index in [1.165, 1.54) is 231 Å². The Bertz CT molecular complexity index is 770.